The van der Waals surface area contributed by atoms with E-state index in [0.29, 0.717) is 34.9 Å². The number of aromatic nitrogens is 4. The van der Waals surface area contributed by atoms with E-state index < -0.39 is 0 Å². The third kappa shape index (κ3) is 4.11. The van der Waals surface area contributed by atoms with E-state index >= 15 is 0 Å². The lowest BCUT2D eigenvalue weighted by molar-refractivity contribution is -0.116. The maximum absolute atomic E-state index is 12.7. The summed E-state index contributed by atoms with van der Waals surface area (Å²) in [6.45, 7) is 0.219. The number of carbonyl (C=O) groups is 1. The Morgan fingerprint density at radius 2 is 1.90 bits per heavy atom. The number of para-hydroxylation sites is 3. The number of ether oxygens (including phenoxy) is 2. The van der Waals surface area contributed by atoms with Gasteiger partial charge in [-0.15, -0.1) is 0 Å². The van der Waals surface area contributed by atoms with Crippen molar-refractivity contribution in [1.82, 2.24) is 19.3 Å². The number of hydrogen-bond donors (Lipinski definition) is 1. The Labute approximate surface area is 177 Å². The van der Waals surface area contributed by atoms with Gasteiger partial charge in [0.15, 0.2) is 11.5 Å². The van der Waals surface area contributed by atoms with E-state index in [1.54, 1.807) is 49.4 Å². The number of amides is 1. The van der Waals surface area contributed by atoms with E-state index in [2.05, 4.69) is 15.4 Å². The number of nitrogens with zero attached hydrogens (tertiary/aromatic N) is 4. The molecule has 0 radical (unpaired) electrons. The van der Waals surface area contributed by atoms with Gasteiger partial charge >= 0.3 is 0 Å². The molecule has 31 heavy (non-hydrogen) atoms. The van der Waals surface area contributed by atoms with Gasteiger partial charge in [-0.1, -0.05) is 24.3 Å². The first-order chi connectivity index (χ1) is 15.1. The highest BCUT2D eigenvalue weighted by molar-refractivity contribution is 5.90. The molecule has 2 aromatic heterocycles. The van der Waals surface area contributed by atoms with Gasteiger partial charge < -0.3 is 14.8 Å². The number of methoxy groups -OCH3 is 2. The first-order valence-corrected chi connectivity index (χ1v) is 9.57. The Morgan fingerprint density at radius 1 is 1.06 bits per heavy atom. The van der Waals surface area contributed by atoms with Crippen molar-refractivity contribution in [1.29, 1.82) is 0 Å². The maximum atomic E-state index is 12.7. The minimum atomic E-state index is -0.349. The normalized spacial score (nSPS) is 10.8. The molecule has 0 aliphatic rings. The van der Waals surface area contributed by atoms with Gasteiger partial charge in [-0.3, -0.25) is 14.2 Å². The number of carbonyl (C=O) groups excluding carboxylic acids is 1. The van der Waals surface area contributed by atoms with E-state index in [1.165, 1.54) is 10.8 Å². The third-order valence-electron chi connectivity index (χ3n) is 4.84. The molecule has 0 saturated carbocycles. The van der Waals surface area contributed by atoms with Gasteiger partial charge in [0.1, 0.15) is 12.4 Å². The molecule has 0 bridgehead atoms. The molecule has 0 spiro atoms. The summed E-state index contributed by atoms with van der Waals surface area (Å²) < 4.78 is 13.8. The molecule has 1 amide bonds. The van der Waals surface area contributed by atoms with Crippen LogP contribution in [0.1, 0.15) is 5.56 Å². The van der Waals surface area contributed by atoms with E-state index in [4.69, 9.17) is 9.47 Å². The number of nitrogens with one attached hydrogen (secondary N) is 1. The molecule has 2 aromatic carbocycles. The highest BCUT2D eigenvalue weighted by Crippen LogP contribution is 2.31. The van der Waals surface area contributed by atoms with Crippen LogP contribution in [0, 0.1) is 0 Å². The lowest BCUT2D eigenvalue weighted by Gasteiger charge is -2.14. The average Bonchev–Trinajstić information content (AvgIpc) is 3.21. The average molecular weight is 419 g/mol. The van der Waals surface area contributed by atoms with E-state index in [1.807, 2.05) is 24.3 Å². The SMILES string of the molecule is COc1cccc(Cn2nccc2NC(=O)Cn2c(=O)cnc3ccccc32)c1OC. The number of benzene rings is 2. The van der Waals surface area contributed by atoms with Gasteiger partial charge in [0, 0.05) is 11.6 Å². The van der Waals surface area contributed by atoms with Crippen molar-refractivity contribution in [3.05, 3.63) is 76.8 Å². The Kier molecular flexibility index (Phi) is 5.65. The van der Waals surface area contributed by atoms with Crippen molar-refractivity contribution in [2.45, 2.75) is 13.1 Å². The van der Waals surface area contributed by atoms with Crippen molar-refractivity contribution in [3.8, 4) is 11.5 Å². The monoisotopic (exact) mass is 419 g/mol. The third-order valence-corrected chi connectivity index (χ3v) is 4.84. The van der Waals surface area contributed by atoms with Crippen LogP contribution in [0.25, 0.3) is 11.0 Å². The van der Waals surface area contributed by atoms with E-state index in [0.717, 1.165) is 5.56 Å². The zero-order valence-corrected chi connectivity index (χ0v) is 17.1. The van der Waals surface area contributed by atoms with Crippen LogP contribution in [0.5, 0.6) is 11.5 Å². The second kappa shape index (κ2) is 8.70. The molecular formula is C22H21N5O4. The fourth-order valence-corrected chi connectivity index (χ4v) is 3.41. The lowest BCUT2D eigenvalue weighted by atomic mass is 10.2. The molecule has 9 nitrogen and oxygen atoms in total. The smallest absolute Gasteiger partial charge is 0.269 e. The quantitative estimate of drug-likeness (QED) is 0.493. The van der Waals surface area contributed by atoms with Crippen LogP contribution in [-0.2, 0) is 17.9 Å². The van der Waals surface area contributed by atoms with Crippen molar-refractivity contribution >= 4 is 22.8 Å². The summed E-state index contributed by atoms with van der Waals surface area (Å²) in [6.07, 6.45) is 2.81. The molecular weight excluding hydrogens is 398 g/mol. The zero-order valence-electron chi connectivity index (χ0n) is 17.1. The molecule has 0 aliphatic carbocycles. The van der Waals surface area contributed by atoms with Gasteiger partial charge in [-0.2, -0.15) is 5.10 Å². The fraction of sp³-hybridized carbons (Fsp3) is 0.182. The van der Waals surface area contributed by atoms with Crippen molar-refractivity contribution in [2.24, 2.45) is 0 Å². The van der Waals surface area contributed by atoms with Crippen molar-refractivity contribution in [2.75, 3.05) is 19.5 Å². The predicted molar refractivity (Wildman–Crippen MR) is 116 cm³/mol. The van der Waals surface area contributed by atoms with Gasteiger partial charge in [0.05, 0.1) is 44.2 Å². The highest BCUT2D eigenvalue weighted by atomic mass is 16.5. The molecule has 0 unspecified atom stereocenters. The summed E-state index contributed by atoms with van der Waals surface area (Å²) in [5.41, 5.74) is 1.74. The topological polar surface area (TPSA) is 100 Å². The van der Waals surface area contributed by atoms with Crippen molar-refractivity contribution in [3.63, 3.8) is 0 Å². The molecule has 0 aliphatic heterocycles. The summed E-state index contributed by atoms with van der Waals surface area (Å²) in [6, 6.07) is 14.4. The zero-order chi connectivity index (χ0) is 21.8. The van der Waals surface area contributed by atoms with Crippen LogP contribution in [0.15, 0.2) is 65.7 Å². The van der Waals surface area contributed by atoms with E-state index in [-0.39, 0.29) is 18.0 Å². The number of hydrogen-bond acceptors (Lipinski definition) is 6. The van der Waals surface area contributed by atoms with Crippen LogP contribution >= 0.6 is 0 Å². The summed E-state index contributed by atoms with van der Waals surface area (Å²) in [5.74, 6) is 1.37. The Bertz CT molecular complexity index is 1290. The first-order valence-electron chi connectivity index (χ1n) is 9.57. The molecule has 4 rings (SSSR count). The molecule has 0 fully saturated rings. The molecule has 0 saturated heterocycles. The second-order valence-electron chi connectivity index (χ2n) is 6.75. The lowest BCUT2D eigenvalue weighted by Crippen LogP contribution is -2.28. The molecule has 4 aromatic rings. The molecule has 2 heterocycles. The van der Waals surface area contributed by atoms with Crippen LogP contribution < -0.4 is 20.3 Å². The Balaban J connectivity index is 1.55. The minimum absolute atomic E-state index is 0.143. The van der Waals surface area contributed by atoms with Crippen LogP contribution in [0.3, 0.4) is 0 Å². The summed E-state index contributed by atoms with van der Waals surface area (Å²) in [5, 5.41) is 7.12. The minimum Gasteiger partial charge on any atom is -0.493 e. The van der Waals surface area contributed by atoms with E-state index in [9.17, 15) is 9.59 Å². The number of rotatable bonds is 7. The van der Waals surface area contributed by atoms with Gasteiger partial charge in [-0.05, 0) is 18.2 Å². The standard InChI is InChI=1S/C22H21N5O4/c1-30-18-9-5-6-15(22(18)31-2)13-27-19(10-11-24-27)25-20(28)14-26-17-8-4-3-7-16(17)23-12-21(26)29/h3-12H,13-14H2,1-2H3,(H,25,28). The van der Waals surface area contributed by atoms with Crippen LogP contribution in [0.2, 0.25) is 0 Å². The molecule has 1 N–H and O–H groups in total. The summed E-state index contributed by atoms with van der Waals surface area (Å²) in [4.78, 5) is 29.1. The fourth-order valence-electron chi connectivity index (χ4n) is 3.41. The first kappa shape index (κ1) is 20.1. The number of anilines is 1. The maximum Gasteiger partial charge on any atom is 0.269 e. The van der Waals surface area contributed by atoms with Crippen molar-refractivity contribution < 1.29 is 14.3 Å². The Hall–Kier alpha value is -4.14. The number of fused-ring (bicyclic) bond motifs is 1. The van der Waals surface area contributed by atoms with Crippen LogP contribution in [0.4, 0.5) is 5.82 Å². The highest BCUT2D eigenvalue weighted by Gasteiger charge is 2.14. The molecule has 158 valence electrons. The summed E-state index contributed by atoms with van der Waals surface area (Å²) in [7, 11) is 3.15. The molecule has 9 heteroatoms. The van der Waals surface area contributed by atoms with Gasteiger partial charge in [0.2, 0.25) is 5.91 Å². The van der Waals surface area contributed by atoms with Gasteiger partial charge in [-0.25, -0.2) is 9.67 Å². The second-order valence-corrected chi connectivity index (χ2v) is 6.75. The summed E-state index contributed by atoms with van der Waals surface area (Å²) >= 11 is 0. The predicted octanol–water partition coefficient (Wildman–Crippen LogP) is 2.30. The molecule has 0 atom stereocenters. The van der Waals surface area contributed by atoms with Gasteiger partial charge in [0.25, 0.3) is 5.56 Å². The largest absolute Gasteiger partial charge is 0.493 e. The van der Waals surface area contributed by atoms with Crippen LogP contribution in [-0.4, -0.2) is 39.5 Å². The Morgan fingerprint density at radius 3 is 2.71 bits per heavy atom.